The van der Waals surface area contributed by atoms with Gasteiger partial charge < -0.3 is 9.47 Å². The number of esters is 1. The van der Waals surface area contributed by atoms with Gasteiger partial charge in [-0.05, 0) is 12.1 Å². The van der Waals surface area contributed by atoms with Crippen LogP contribution in [-0.4, -0.2) is 19.2 Å². The molecule has 0 radical (unpaired) electrons. The summed E-state index contributed by atoms with van der Waals surface area (Å²) >= 11 is 0. The van der Waals surface area contributed by atoms with Gasteiger partial charge in [0, 0.05) is 6.07 Å². The van der Waals surface area contributed by atoms with Crippen LogP contribution < -0.4 is 0 Å². The van der Waals surface area contributed by atoms with Crippen LogP contribution in [-0.2, 0) is 9.47 Å². The lowest BCUT2D eigenvalue weighted by molar-refractivity contribution is 0.0420. The third kappa shape index (κ3) is 3.68. The van der Waals surface area contributed by atoms with Crippen LogP contribution >= 0.6 is 0 Å². The first-order valence-corrected chi connectivity index (χ1v) is 4.49. The summed E-state index contributed by atoms with van der Waals surface area (Å²) in [6.07, 6.45) is 1.20. The van der Waals surface area contributed by atoms with Crippen LogP contribution in [0.3, 0.4) is 0 Å². The second kappa shape index (κ2) is 5.85. The highest BCUT2D eigenvalue weighted by Crippen LogP contribution is 2.09. The minimum atomic E-state index is -0.825. The fourth-order valence-electron chi connectivity index (χ4n) is 1.02. The maximum atomic E-state index is 12.7. The average Bonchev–Trinajstić information content (AvgIpc) is 2.22. The molecule has 86 valence electrons. The van der Waals surface area contributed by atoms with Crippen molar-refractivity contribution in [1.82, 2.24) is 0 Å². The van der Waals surface area contributed by atoms with Crippen LogP contribution in [0, 0.1) is 11.6 Å². The van der Waals surface area contributed by atoms with Gasteiger partial charge in [0.05, 0.1) is 11.8 Å². The Morgan fingerprint density at radius 2 is 1.88 bits per heavy atom. The first kappa shape index (κ1) is 12.2. The Morgan fingerprint density at radius 1 is 1.25 bits per heavy atom. The molecule has 0 saturated carbocycles. The Hall–Kier alpha value is -1.91. The molecule has 3 nitrogen and oxygen atoms in total. The zero-order valence-electron chi connectivity index (χ0n) is 8.41. The summed E-state index contributed by atoms with van der Waals surface area (Å²) in [5.41, 5.74) is -0.170. The number of benzene rings is 1. The van der Waals surface area contributed by atoms with E-state index in [9.17, 15) is 13.6 Å². The van der Waals surface area contributed by atoms with E-state index < -0.39 is 17.6 Å². The summed E-state index contributed by atoms with van der Waals surface area (Å²) < 4.78 is 34.9. The summed E-state index contributed by atoms with van der Waals surface area (Å²) in [4.78, 5) is 11.3. The van der Waals surface area contributed by atoms with E-state index in [-0.39, 0.29) is 18.8 Å². The Morgan fingerprint density at radius 3 is 2.44 bits per heavy atom. The topological polar surface area (TPSA) is 35.5 Å². The number of ether oxygens (including phenoxy) is 2. The highest BCUT2D eigenvalue weighted by Gasteiger charge is 2.10. The lowest BCUT2D eigenvalue weighted by Crippen LogP contribution is -2.10. The lowest BCUT2D eigenvalue weighted by atomic mass is 10.2. The molecule has 0 aliphatic carbocycles. The van der Waals surface area contributed by atoms with Crippen LogP contribution in [0.2, 0.25) is 0 Å². The van der Waals surface area contributed by atoms with Crippen molar-refractivity contribution < 1.29 is 23.0 Å². The van der Waals surface area contributed by atoms with Gasteiger partial charge in [-0.15, -0.1) is 0 Å². The first-order valence-electron chi connectivity index (χ1n) is 4.49. The quantitative estimate of drug-likeness (QED) is 0.440. The first-order chi connectivity index (χ1) is 7.63. The van der Waals surface area contributed by atoms with E-state index in [1.807, 2.05) is 0 Å². The van der Waals surface area contributed by atoms with Gasteiger partial charge in [0.1, 0.15) is 24.8 Å². The molecule has 0 unspecified atom stereocenters. The third-order valence-corrected chi connectivity index (χ3v) is 1.65. The third-order valence-electron chi connectivity index (χ3n) is 1.65. The summed E-state index contributed by atoms with van der Waals surface area (Å²) in [7, 11) is 0. The van der Waals surface area contributed by atoms with Gasteiger partial charge in [-0.25, -0.2) is 13.6 Å². The van der Waals surface area contributed by atoms with Crippen LogP contribution in [0.5, 0.6) is 0 Å². The number of halogens is 2. The number of carbonyl (C=O) groups excluding carboxylic acids is 1. The molecule has 0 N–H and O–H groups in total. The predicted octanol–water partition coefficient (Wildman–Crippen LogP) is 2.28. The molecule has 0 bridgehead atoms. The molecule has 0 amide bonds. The van der Waals surface area contributed by atoms with Gasteiger partial charge >= 0.3 is 5.97 Å². The van der Waals surface area contributed by atoms with Crippen molar-refractivity contribution in [2.24, 2.45) is 0 Å². The number of carbonyl (C=O) groups is 1. The zero-order chi connectivity index (χ0) is 12.0. The molecule has 0 aliphatic rings. The summed E-state index contributed by atoms with van der Waals surface area (Å²) in [5.74, 6) is -2.45. The van der Waals surface area contributed by atoms with Crippen molar-refractivity contribution in [3.63, 3.8) is 0 Å². The SMILES string of the molecule is C=COCCOC(=O)c1cc(F)cc(F)c1. The molecule has 5 heteroatoms. The minimum Gasteiger partial charge on any atom is -0.498 e. The monoisotopic (exact) mass is 228 g/mol. The predicted molar refractivity (Wildman–Crippen MR) is 52.8 cm³/mol. The van der Waals surface area contributed by atoms with Crippen molar-refractivity contribution in [3.05, 3.63) is 48.2 Å². The zero-order valence-corrected chi connectivity index (χ0v) is 8.41. The molecule has 1 rings (SSSR count). The van der Waals surface area contributed by atoms with E-state index in [4.69, 9.17) is 9.47 Å². The molecule has 1 aromatic rings. The van der Waals surface area contributed by atoms with Crippen molar-refractivity contribution in [2.75, 3.05) is 13.2 Å². The van der Waals surface area contributed by atoms with Crippen molar-refractivity contribution in [3.8, 4) is 0 Å². The van der Waals surface area contributed by atoms with E-state index >= 15 is 0 Å². The molecule has 0 saturated heterocycles. The molecular formula is C11H10F2O3. The lowest BCUT2D eigenvalue weighted by Gasteiger charge is -2.04. The summed E-state index contributed by atoms with van der Waals surface area (Å²) in [6, 6.07) is 2.48. The van der Waals surface area contributed by atoms with E-state index in [0.29, 0.717) is 6.07 Å². The Kier molecular flexibility index (Phi) is 4.44. The molecule has 0 spiro atoms. The number of hydrogen-bond acceptors (Lipinski definition) is 3. The van der Waals surface area contributed by atoms with Gasteiger partial charge in [0.2, 0.25) is 0 Å². The fraction of sp³-hybridized carbons (Fsp3) is 0.182. The van der Waals surface area contributed by atoms with Crippen molar-refractivity contribution >= 4 is 5.97 Å². The van der Waals surface area contributed by atoms with Crippen molar-refractivity contribution in [2.45, 2.75) is 0 Å². The van der Waals surface area contributed by atoms with Gasteiger partial charge in [0.15, 0.2) is 0 Å². The highest BCUT2D eigenvalue weighted by atomic mass is 19.1. The molecule has 1 aromatic carbocycles. The molecule has 0 fully saturated rings. The van der Waals surface area contributed by atoms with Gasteiger partial charge in [0.25, 0.3) is 0 Å². The minimum absolute atomic E-state index is 0.0109. The smallest absolute Gasteiger partial charge is 0.338 e. The average molecular weight is 228 g/mol. The largest absolute Gasteiger partial charge is 0.498 e. The normalized spacial score (nSPS) is 9.62. The van der Waals surface area contributed by atoms with E-state index in [1.165, 1.54) is 6.26 Å². The van der Waals surface area contributed by atoms with Gasteiger partial charge in [-0.2, -0.15) is 0 Å². The molecule has 0 atom stereocenters. The maximum absolute atomic E-state index is 12.7. The molecule has 0 aliphatic heterocycles. The Labute approximate surface area is 91.3 Å². The Balaban J connectivity index is 2.55. The Bertz CT molecular complexity index is 371. The number of hydrogen-bond donors (Lipinski definition) is 0. The van der Waals surface area contributed by atoms with Crippen LogP contribution in [0.25, 0.3) is 0 Å². The van der Waals surface area contributed by atoms with E-state index in [0.717, 1.165) is 12.1 Å². The molecule has 0 aromatic heterocycles. The second-order valence-corrected chi connectivity index (χ2v) is 2.83. The highest BCUT2D eigenvalue weighted by molar-refractivity contribution is 5.89. The summed E-state index contributed by atoms with van der Waals surface area (Å²) in [6.45, 7) is 3.43. The molecule has 0 heterocycles. The second-order valence-electron chi connectivity index (χ2n) is 2.83. The van der Waals surface area contributed by atoms with E-state index in [2.05, 4.69) is 6.58 Å². The van der Waals surface area contributed by atoms with Crippen molar-refractivity contribution in [1.29, 1.82) is 0 Å². The molecular weight excluding hydrogens is 218 g/mol. The summed E-state index contributed by atoms with van der Waals surface area (Å²) in [5, 5.41) is 0. The van der Waals surface area contributed by atoms with Crippen LogP contribution in [0.1, 0.15) is 10.4 Å². The van der Waals surface area contributed by atoms with Crippen LogP contribution in [0.15, 0.2) is 31.0 Å². The van der Waals surface area contributed by atoms with Crippen LogP contribution in [0.4, 0.5) is 8.78 Å². The maximum Gasteiger partial charge on any atom is 0.338 e. The van der Waals surface area contributed by atoms with Gasteiger partial charge in [-0.3, -0.25) is 0 Å². The molecule has 16 heavy (non-hydrogen) atoms. The van der Waals surface area contributed by atoms with E-state index in [1.54, 1.807) is 0 Å². The standard InChI is InChI=1S/C11H10F2O3/c1-2-15-3-4-16-11(14)8-5-9(12)7-10(13)6-8/h2,5-7H,1,3-4H2. The van der Waals surface area contributed by atoms with Gasteiger partial charge in [-0.1, -0.05) is 6.58 Å². The fourth-order valence-corrected chi connectivity index (χ4v) is 1.02. The number of rotatable bonds is 5.